The summed E-state index contributed by atoms with van der Waals surface area (Å²) >= 11 is 0. The van der Waals surface area contributed by atoms with Crippen molar-refractivity contribution in [1.82, 2.24) is 30.3 Å². The van der Waals surface area contributed by atoms with Gasteiger partial charge >= 0.3 is 0 Å². The number of aromatic nitrogens is 5. The van der Waals surface area contributed by atoms with Gasteiger partial charge in [-0.05, 0) is 41.5 Å². The normalized spacial score (nSPS) is 10.8. The number of nitrogens with zero attached hydrogens (tertiary/aromatic N) is 4. The van der Waals surface area contributed by atoms with Crippen LogP contribution >= 0.6 is 0 Å². The number of carbonyl (C=O) groups is 1. The Hall–Kier alpha value is -3.81. The second-order valence-electron chi connectivity index (χ2n) is 6.22. The Balaban J connectivity index is 1.43. The number of aromatic amines is 1. The van der Waals surface area contributed by atoms with E-state index in [2.05, 4.69) is 25.6 Å². The van der Waals surface area contributed by atoms with E-state index in [9.17, 15) is 9.18 Å². The predicted molar refractivity (Wildman–Crippen MR) is 101 cm³/mol. The molecular formula is C20H17FN6O. The SMILES string of the molecule is O=C(NCc1ccccc1Cn1cncn1)c1cc(-c2ccc(F)cc2)n[nH]1. The number of amides is 1. The fourth-order valence-electron chi connectivity index (χ4n) is 2.85. The highest BCUT2D eigenvalue weighted by Gasteiger charge is 2.12. The van der Waals surface area contributed by atoms with Crippen molar-refractivity contribution in [2.45, 2.75) is 13.1 Å². The molecule has 4 rings (SSSR count). The van der Waals surface area contributed by atoms with E-state index in [4.69, 9.17) is 0 Å². The molecule has 0 aliphatic rings. The third-order valence-corrected chi connectivity index (χ3v) is 4.32. The number of carbonyl (C=O) groups excluding carboxylic acids is 1. The molecule has 8 heteroatoms. The van der Waals surface area contributed by atoms with E-state index in [1.807, 2.05) is 24.3 Å². The summed E-state index contributed by atoms with van der Waals surface area (Å²) in [5.74, 6) is -0.585. The molecule has 0 aliphatic heterocycles. The average Bonchev–Trinajstić information content (AvgIpc) is 3.40. The molecule has 2 heterocycles. The van der Waals surface area contributed by atoms with Gasteiger partial charge in [-0.1, -0.05) is 24.3 Å². The first-order chi connectivity index (χ1) is 13.7. The Labute approximate surface area is 160 Å². The highest BCUT2D eigenvalue weighted by molar-refractivity contribution is 5.93. The van der Waals surface area contributed by atoms with E-state index < -0.39 is 0 Å². The maximum Gasteiger partial charge on any atom is 0.269 e. The van der Waals surface area contributed by atoms with Crippen LogP contribution in [0.3, 0.4) is 0 Å². The lowest BCUT2D eigenvalue weighted by Gasteiger charge is -2.10. The van der Waals surface area contributed by atoms with Crippen LogP contribution in [0.15, 0.2) is 67.3 Å². The van der Waals surface area contributed by atoms with Gasteiger partial charge in [0.05, 0.1) is 12.2 Å². The highest BCUT2D eigenvalue weighted by Crippen LogP contribution is 2.18. The van der Waals surface area contributed by atoms with Crippen LogP contribution < -0.4 is 5.32 Å². The van der Waals surface area contributed by atoms with Crippen LogP contribution in [-0.2, 0) is 13.1 Å². The van der Waals surface area contributed by atoms with Crippen LogP contribution in [0, 0.1) is 5.82 Å². The number of hydrogen-bond acceptors (Lipinski definition) is 4. The summed E-state index contributed by atoms with van der Waals surface area (Å²) in [6.07, 6.45) is 3.14. The molecule has 0 unspecified atom stereocenters. The second kappa shape index (κ2) is 7.83. The molecule has 28 heavy (non-hydrogen) atoms. The molecule has 0 fully saturated rings. The lowest BCUT2D eigenvalue weighted by Crippen LogP contribution is -2.24. The molecule has 2 aromatic heterocycles. The van der Waals surface area contributed by atoms with Crippen LogP contribution in [-0.4, -0.2) is 30.9 Å². The lowest BCUT2D eigenvalue weighted by molar-refractivity contribution is 0.0946. The van der Waals surface area contributed by atoms with Crippen molar-refractivity contribution in [2.75, 3.05) is 0 Å². The number of hydrogen-bond donors (Lipinski definition) is 2. The summed E-state index contributed by atoms with van der Waals surface area (Å²) in [4.78, 5) is 16.4. The van der Waals surface area contributed by atoms with Crippen molar-refractivity contribution in [3.05, 3.63) is 89.9 Å². The van der Waals surface area contributed by atoms with Gasteiger partial charge < -0.3 is 5.32 Å². The Morgan fingerprint density at radius 3 is 2.64 bits per heavy atom. The maximum atomic E-state index is 13.0. The molecular weight excluding hydrogens is 359 g/mol. The van der Waals surface area contributed by atoms with E-state index in [-0.39, 0.29) is 11.7 Å². The van der Waals surface area contributed by atoms with Crippen molar-refractivity contribution < 1.29 is 9.18 Å². The molecule has 0 saturated heterocycles. The molecule has 0 radical (unpaired) electrons. The van der Waals surface area contributed by atoms with E-state index >= 15 is 0 Å². The van der Waals surface area contributed by atoms with Crippen LogP contribution in [0.4, 0.5) is 4.39 Å². The van der Waals surface area contributed by atoms with E-state index in [1.54, 1.807) is 29.2 Å². The first-order valence-corrected chi connectivity index (χ1v) is 8.68. The molecule has 0 aliphatic carbocycles. The highest BCUT2D eigenvalue weighted by atomic mass is 19.1. The Bertz CT molecular complexity index is 1070. The van der Waals surface area contributed by atoms with Crippen molar-refractivity contribution >= 4 is 5.91 Å². The summed E-state index contributed by atoms with van der Waals surface area (Å²) in [7, 11) is 0. The zero-order valence-corrected chi connectivity index (χ0v) is 14.8. The van der Waals surface area contributed by atoms with Gasteiger partial charge in [-0.2, -0.15) is 10.2 Å². The minimum atomic E-state index is -0.318. The van der Waals surface area contributed by atoms with Gasteiger partial charge in [-0.25, -0.2) is 14.1 Å². The zero-order valence-electron chi connectivity index (χ0n) is 14.8. The van der Waals surface area contributed by atoms with Crippen LogP contribution in [0.2, 0.25) is 0 Å². The van der Waals surface area contributed by atoms with Crippen molar-refractivity contribution in [1.29, 1.82) is 0 Å². The fraction of sp³-hybridized carbons (Fsp3) is 0.100. The molecule has 4 aromatic rings. The molecule has 0 saturated carbocycles. The molecule has 1 amide bonds. The summed E-state index contributed by atoms with van der Waals surface area (Å²) in [5.41, 5.74) is 3.69. The number of nitrogens with one attached hydrogen (secondary N) is 2. The van der Waals surface area contributed by atoms with Crippen LogP contribution in [0.1, 0.15) is 21.6 Å². The number of benzene rings is 2. The Kier molecular flexibility index (Phi) is 4.92. The van der Waals surface area contributed by atoms with Gasteiger partial charge in [0.15, 0.2) is 0 Å². The van der Waals surface area contributed by atoms with Crippen molar-refractivity contribution in [3.63, 3.8) is 0 Å². The third-order valence-electron chi connectivity index (χ3n) is 4.32. The van der Waals surface area contributed by atoms with Gasteiger partial charge in [0.1, 0.15) is 24.2 Å². The van der Waals surface area contributed by atoms with Gasteiger partial charge in [0.2, 0.25) is 0 Å². The van der Waals surface area contributed by atoms with E-state index in [1.165, 1.54) is 18.5 Å². The number of H-pyrrole nitrogens is 1. The second-order valence-corrected chi connectivity index (χ2v) is 6.22. The Morgan fingerprint density at radius 1 is 1.11 bits per heavy atom. The van der Waals surface area contributed by atoms with Gasteiger partial charge in [0, 0.05) is 12.1 Å². The topological polar surface area (TPSA) is 88.5 Å². The quantitative estimate of drug-likeness (QED) is 0.542. The largest absolute Gasteiger partial charge is 0.347 e. The van der Waals surface area contributed by atoms with Crippen LogP contribution in [0.5, 0.6) is 0 Å². The summed E-state index contributed by atoms with van der Waals surface area (Å²) in [6.45, 7) is 0.944. The summed E-state index contributed by atoms with van der Waals surface area (Å²) in [6, 6.07) is 15.4. The average molecular weight is 376 g/mol. The van der Waals surface area contributed by atoms with Gasteiger partial charge in [-0.15, -0.1) is 0 Å². The number of rotatable bonds is 6. The summed E-state index contributed by atoms with van der Waals surface area (Å²) < 4.78 is 14.8. The monoisotopic (exact) mass is 376 g/mol. The fourth-order valence-corrected chi connectivity index (χ4v) is 2.85. The predicted octanol–water partition coefficient (Wildman–Crippen LogP) is 2.79. The smallest absolute Gasteiger partial charge is 0.269 e. The first kappa shape index (κ1) is 17.6. The third kappa shape index (κ3) is 3.96. The van der Waals surface area contributed by atoms with Gasteiger partial charge in [0.25, 0.3) is 5.91 Å². The molecule has 7 nitrogen and oxygen atoms in total. The molecule has 140 valence electrons. The van der Waals surface area contributed by atoms with E-state index in [0.717, 1.165) is 16.7 Å². The molecule has 2 aromatic carbocycles. The maximum absolute atomic E-state index is 13.0. The lowest BCUT2D eigenvalue weighted by atomic mass is 10.1. The molecule has 0 atom stereocenters. The molecule has 0 spiro atoms. The van der Waals surface area contributed by atoms with E-state index in [0.29, 0.717) is 24.5 Å². The zero-order chi connectivity index (χ0) is 19.3. The minimum absolute atomic E-state index is 0.267. The van der Waals surface area contributed by atoms with Gasteiger partial charge in [-0.3, -0.25) is 9.89 Å². The first-order valence-electron chi connectivity index (χ1n) is 8.68. The molecule has 0 bridgehead atoms. The van der Waals surface area contributed by atoms with Crippen molar-refractivity contribution in [3.8, 4) is 11.3 Å². The van der Waals surface area contributed by atoms with Crippen LogP contribution in [0.25, 0.3) is 11.3 Å². The minimum Gasteiger partial charge on any atom is -0.347 e. The summed E-state index contributed by atoms with van der Waals surface area (Å²) in [5, 5.41) is 13.9. The molecule has 2 N–H and O–H groups in total. The van der Waals surface area contributed by atoms with Crippen molar-refractivity contribution in [2.24, 2.45) is 0 Å². The number of halogens is 1. The standard InChI is InChI=1S/C20H17FN6O/c21-17-7-5-14(6-8-17)18-9-19(26-25-18)20(28)23-10-15-3-1-2-4-16(15)11-27-13-22-12-24-27/h1-9,12-13H,10-11H2,(H,23,28)(H,25,26). The Morgan fingerprint density at radius 2 is 1.89 bits per heavy atom.